The first kappa shape index (κ1) is 13.8. The SMILES string of the molecule is CN(C)C(O)c1cc2cnc(Cl)nc2n1C1CCCC1. The molecule has 1 saturated carbocycles. The minimum atomic E-state index is -0.649. The summed E-state index contributed by atoms with van der Waals surface area (Å²) in [4.78, 5) is 10.2. The Balaban J connectivity index is 2.19. The quantitative estimate of drug-likeness (QED) is 0.698. The average Bonchev–Trinajstić information content (AvgIpc) is 3.03. The molecule has 2 aromatic heterocycles. The van der Waals surface area contributed by atoms with E-state index in [1.165, 1.54) is 12.8 Å². The van der Waals surface area contributed by atoms with Gasteiger partial charge in [-0.3, -0.25) is 4.90 Å². The molecule has 0 amide bonds. The first-order valence-electron chi connectivity index (χ1n) is 6.96. The summed E-state index contributed by atoms with van der Waals surface area (Å²) >= 11 is 5.94. The largest absolute Gasteiger partial charge is 0.373 e. The standard InChI is InChI=1S/C14H19ClN4O/c1-18(2)13(20)11-7-9-8-16-14(15)17-12(9)19(11)10-5-3-4-6-10/h7-8,10,13,20H,3-6H2,1-2H3. The van der Waals surface area contributed by atoms with Crippen molar-refractivity contribution in [2.45, 2.75) is 38.0 Å². The van der Waals surface area contributed by atoms with Gasteiger partial charge in [0.05, 0.1) is 5.69 Å². The Bertz CT molecular complexity index is 619. The lowest BCUT2D eigenvalue weighted by Gasteiger charge is -2.24. The van der Waals surface area contributed by atoms with Crippen LogP contribution in [0.2, 0.25) is 5.28 Å². The van der Waals surface area contributed by atoms with Gasteiger partial charge >= 0.3 is 0 Å². The van der Waals surface area contributed by atoms with Crippen molar-refractivity contribution in [1.29, 1.82) is 0 Å². The van der Waals surface area contributed by atoms with Crippen molar-refractivity contribution >= 4 is 22.6 Å². The zero-order chi connectivity index (χ0) is 14.3. The van der Waals surface area contributed by atoms with Gasteiger partial charge in [-0.15, -0.1) is 0 Å². The topological polar surface area (TPSA) is 54.2 Å². The Morgan fingerprint density at radius 2 is 2.10 bits per heavy atom. The number of aliphatic hydroxyl groups excluding tert-OH is 1. The molecule has 2 aromatic rings. The monoisotopic (exact) mass is 294 g/mol. The van der Waals surface area contributed by atoms with Gasteiger partial charge in [-0.1, -0.05) is 12.8 Å². The minimum Gasteiger partial charge on any atom is -0.373 e. The van der Waals surface area contributed by atoms with E-state index >= 15 is 0 Å². The van der Waals surface area contributed by atoms with Crippen molar-refractivity contribution in [2.75, 3.05) is 14.1 Å². The summed E-state index contributed by atoms with van der Waals surface area (Å²) in [5.74, 6) is 0. The molecule has 0 spiro atoms. The van der Waals surface area contributed by atoms with E-state index in [-0.39, 0.29) is 5.28 Å². The van der Waals surface area contributed by atoms with Gasteiger partial charge in [-0.25, -0.2) is 4.98 Å². The number of halogens is 1. The molecule has 0 aromatic carbocycles. The summed E-state index contributed by atoms with van der Waals surface area (Å²) in [5.41, 5.74) is 1.70. The van der Waals surface area contributed by atoms with Crippen LogP contribution in [0, 0.1) is 0 Å². The van der Waals surface area contributed by atoms with Gasteiger partial charge in [0, 0.05) is 17.6 Å². The third-order valence-corrected chi connectivity index (χ3v) is 4.20. The fourth-order valence-electron chi connectivity index (χ4n) is 3.02. The van der Waals surface area contributed by atoms with Crippen LogP contribution in [0.25, 0.3) is 11.0 Å². The summed E-state index contributed by atoms with van der Waals surface area (Å²) in [6.07, 6.45) is 5.77. The average molecular weight is 295 g/mol. The van der Waals surface area contributed by atoms with Crippen LogP contribution in [0.15, 0.2) is 12.3 Å². The van der Waals surface area contributed by atoms with Crippen LogP contribution in [0.4, 0.5) is 0 Å². The molecule has 108 valence electrons. The van der Waals surface area contributed by atoms with E-state index in [0.29, 0.717) is 6.04 Å². The zero-order valence-corrected chi connectivity index (χ0v) is 12.5. The summed E-state index contributed by atoms with van der Waals surface area (Å²) < 4.78 is 2.15. The molecule has 0 aliphatic heterocycles. The highest BCUT2D eigenvalue weighted by Crippen LogP contribution is 2.36. The molecular weight excluding hydrogens is 276 g/mol. The maximum Gasteiger partial charge on any atom is 0.224 e. The van der Waals surface area contributed by atoms with Crippen molar-refractivity contribution in [3.63, 3.8) is 0 Å². The van der Waals surface area contributed by atoms with Crippen LogP contribution in [-0.4, -0.2) is 38.6 Å². The second-order valence-corrected chi connectivity index (χ2v) is 5.97. The van der Waals surface area contributed by atoms with Crippen LogP contribution in [0.1, 0.15) is 43.6 Å². The Morgan fingerprint density at radius 3 is 2.75 bits per heavy atom. The molecule has 6 heteroatoms. The molecule has 5 nitrogen and oxygen atoms in total. The number of hydrogen-bond donors (Lipinski definition) is 1. The van der Waals surface area contributed by atoms with E-state index in [0.717, 1.165) is 29.6 Å². The van der Waals surface area contributed by atoms with Crippen LogP contribution >= 0.6 is 11.6 Å². The second-order valence-electron chi connectivity index (χ2n) is 5.63. The minimum absolute atomic E-state index is 0.251. The fraction of sp³-hybridized carbons (Fsp3) is 0.571. The molecule has 2 heterocycles. The van der Waals surface area contributed by atoms with Crippen molar-refractivity contribution in [3.05, 3.63) is 23.2 Å². The van der Waals surface area contributed by atoms with Crippen LogP contribution in [0.5, 0.6) is 0 Å². The maximum absolute atomic E-state index is 10.4. The molecule has 1 aliphatic carbocycles. The van der Waals surface area contributed by atoms with Crippen molar-refractivity contribution in [3.8, 4) is 0 Å². The third-order valence-electron chi connectivity index (χ3n) is 4.02. The fourth-order valence-corrected chi connectivity index (χ4v) is 3.15. The Labute approximate surface area is 123 Å². The second kappa shape index (κ2) is 5.31. The molecule has 1 atom stereocenters. The van der Waals surface area contributed by atoms with Gasteiger partial charge in [-0.05, 0) is 44.6 Å². The Hall–Kier alpha value is -1.17. The molecule has 1 N–H and O–H groups in total. The maximum atomic E-state index is 10.4. The van der Waals surface area contributed by atoms with Gasteiger partial charge in [0.15, 0.2) is 0 Å². The normalized spacial score (nSPS) is 18.2. The smallest absolute Gasteiger partial charge is 0.224 e. The van der Waals surface area contributed by atoms with E-state index < -0.39 is 6.23 Å². The molecule has 3 rings (SSSR count). The highest BCUT2D eigenvalue weighted by molar-refractivity contribution is 6.28. The number of aliphatic hydroxyl groups is 1. The third kappa shape index (κ3) is 2.30. The lowest BCUT2D eigenvalue weighted by atomic mass is 10.2. The first-order chi connectivity index (χ1) is 9.58. The molecule has 1 unspecified atom stereocenters. The summed E-state index contributed by atoms with van der Waals surface area (Å²) in [6.45, 7) is 0. The van der Waals surface area contributed by atoms with E-state index in [2.05, 4.69) is 14.5 Å². The highest BCUT2D eigenvalue weighted by atomic mass is 35.5. The number of hydrogen-bond acceptors (Lipinski definition) is 4. The Morgan fingerprint density at radius 1 is 1.40 bits per heavy atom. The van der Waals surface area contributed by atoms with E-state index in [1.54, 1.807) is 11.1 Å². The molecule has 20 heavy (non-hydrogen) atoms. The lowest BCUT2D eigenvalue weighted by molar-refractivity contribution is 0.0319. The van der Waals surface area contributed by atoms with Gasteiger partial charge in [0.1, 0.15) is 11.9 Å². The van der Waals surface area contributed by atoms with Crippen LogP contribution < -0.4 is 0 Å². The van der Waals surface area contributed by atoms with Crippen molar-refractivity contribution in [2.24, 2.45) is 0 Å². The highest BCUT2D eigenvalue weighted by Gasteiger charge is 2.26. The summed E-state index contributed by atoms with van der Waals surface area (Å²) in [7, 11) is 3.72. The molecule has 1 fully saturated rings. The van der Waals surface area contributed by atoms with Crippen LogP contribution in [0.3, 0.4) is 0 Å². The van der Waals surface area contributed by atoms with Crippen LogP contribution in [-0.2, 0) is 0 Å². The van der Waals surface area contributed by atoms with Gasteiger partial charge < -0.3 is 9.67 Å². The van der Waals surface area contributed by atoms with E-state index in [4.69, 9.17) is 11.6 Å². The number of rotatable bonds is 3. The molecule has 0 saturated heterocycles. The number of nitrogens with zero attached hydrogens (tertiary/aromatic N) is 4. The molecular formula is C14H19ClN4O. The number of fused-ring (bicyclic) bond motifs is 1. The first-order valence-corrected chi connectivity index (χ1v) is 7.33. The number of aromatic nitrogens is 3. The lowest BCUT2D eigenvalue weighted by Crippen LogP contribution is -2.23. The molecule has 1 aliphatic rings. The van der Waals surface area contributed by atoms with E-state index in [9.17, 15) is 5.11 Å². The Kier molecular flexibility index (Phi) is 3.67. The summed E-state index contributed by atoms with van der Waals surface area (Å²) in [6, 6.07) is 2.36. The van der Waals surface area contributed by atoms with Gasteiger partial charge in [-0.2, -0.15) is 4.98 Å². The van der Waals surface area contributed by atoms with Gasteiger partial charge in [0.2, 0.25) is 5.28 Å². The molecule has 0 radical (unpaired) electrons. The van der Waals surface area contributed by atoms with Crippen molar-refractivity contribution < 1.29 is 5.11 Å². The van der Waals surface area contributed by atoms with Gasteiger partial charge in [0.25, 0.3) is 0 Å². The zero-order valence-electron chi connectivity index (χ0n) is 11.8. The van der Waals surface area contributed by atoms with E-state index in [1.807, 2.05) is 20.2 Å². The molecule has 0 bridgehead atoms. The van der Waals surface area contributed by atoms with Crippen molar-refractivity contribution in [1.82, 2.24) is 19.4 Å². The predicted octanol–water partition coefficient (Wildman–Crippen LogP) is 2.75. The summed E-state index contributed by atoms with van der Waals surface area (Å²) in [5, 5.41) is 11.6. The predicted molar refractivity (Wildman–Crippen MR) is 78.7 cm³/mol.